The molecule has 0 amide bonds. The second-order valence-electron chi connectivity index (χ2n) is 5.66. The lowest BCUT2D eigenvalue weighted by Crippen LogP contribution is -2.30. The van der Waals surface area contributed by atoms with Gasteiger partial charge in [0.25, 0.3) is 10.0 Å². The van der Waals surface area contributed by atoms with Crippen LogP contribution in [-0.2, 0) is 16.6 Å². The third-order valence-electron chi connectivity index (χ3n) is 3.86. The smallest absolute Gasteiger partial charge is 0.260 e. The Hall–Kier alpha value is -0.920. The molecule has 7 heteroatoms. The van der Waals surface area contributed by atoms with Gasteiger partial charge in [0.05, 0.1) is 6.20 Å². The molecule has 2 N–H and O–H groups in total. The van der Waals surface area contributed by atoms with E-state index in [4.69, 9.17) is 0 Å². The Morgan fingerprint density at radius 3 is 2.85 bits per heavy atom. The monoisotopic (exact) mass is 300 g/mol. The zero-order chi connectivity index (χ0) is 14.8. The molecule has 0 saturated heterocycles. The zero-order valence-corrected chi connectivity index (χ0v) is 13.2. The van der Waals surface area contributed by atoms with Crippen molar-refractivity contribution < 1.29 is 8.42 Å². The van der Waals surface area contributed by atoms with Crippen LogP contribution in [0.1, 0.15) is 32.3 Å². The minimum Gasteiger partial charge on any atom is -0.313 e. The van der Waals surface area contributed by atoms with Crippen molar-refractivity contribution in [2.45, 2.75) is 38.3 Å². The summed E-state index contributed by atoms with van der Waals surface area (Å²) in [6.07, 6.45) is 3.72. The molecule has 1 aromatic heterocycles. The van der Waals surface area contributed by atoms with Gasteiger partial charge in [0.2, 0.25) is 0 Å². The lowest BCUT2D eigenvalue weighted by Gasteiger charge is -2.17. The van der Waals surface area contributed by atoms with E-state index < -0.39 is 10.0 Å². The Morgan fingerprint density at radius 2 is 2.25 bits per heavy atom. The molecule has 114 valence electrons. The van der Waals surface area contributed by atoms with Crippen LogP contribution >= 0.6 is 0 Å². The van der Waals surface area contributed by atoms with Crippen molar-refractivity contribution in [3.8, 4) is 0 Å². The number of aromatic amines is 1. The molecule has 0 spiro atoms. The van der Waals surface area contributed by atoms with Crippen LogP contribution < -0.4 is 5.32 Å². The van der Waals surface area contributed by atoms with E-state index in [2.05, 4.69) is 29.4 Å². The van der Waals surface area contributed by atoms with Gasteiger partial charge in [-0.1, -0.05) is 13.8 Å². The predicted molar refractivity (Wildman–Crippen MR) is 77.7 cm³/mol. The largest absolute Gasteiger partial charge is 0.313 e. The van der Waals surface area contributed by atoms with Crippen LogP contribution in [0.4, 0.5) is 0 Å². The summed E-state index contributed by atoms with van der Waals surface area (Å²) in [7, 11) is -1.82. The van der Waals surface area contributed by atoms with Gasteiger partial charge < -0.3 is 5.32 Å². The van der Waals surface area contributed by atoms with Gasteiger partial charge in [-0.3, -0.25) is 5.10 Å². The van der Waals surface area contributed by atoms with Crippen molar-refractivity contribution in [1.82, 2.24) is 19.8 Å². The average Bonchev–Trinajstić information content (AvgIpc) is 2.91. The summed E-state index contributed by atoms with van der Waals surface area (Å²) in [5, 5.41) is 9.95. The first-order valence-electron chi connectivity index (χ1n) is 7.16. The van der Waals surface area contributed by atoms with Crippen molar-refractivity contribution in [2.75, 3.05) is 20.1 Å². The molecule has 1 aliphatic rings. The van der Waals surface area contributed by atoms with Crippen LogP contribution in [-0.4, -0.2) is 43.1 Å². The molecule has 0 aromatic carbocycles. The number of nitrogens with zero attached hydrogens (tertiary/aromatic N) is 2. The molecule has 1 saturated carbocycles. The highest BCUT2D eigenvalue weighted by atomic mass is 32.2. The minimum absolute atomic E-state index is 0.219. The van der Waals surface area contributed by atoms with Crippen LogP contribution in [0, 0.1) is 11.8 Å². The van der Waals surface area contributed by atoms with E-state index >= 15 is 0 Å². The molecular formula is C13H24N4O2S. The quantitative estimate of drug-likeness (QED) is 0.707. The number of nitrogens with one attached hydrogen (secondary N) is 2. The molecule has 1 heterocycles. The normalized spacial score (nSPS) is 22.4. The summed E-state index contributed by atoms with van der Waals surface area (Å²) < 4.78 is 26.5. The summed E-state index contributed by atoms with van der Waals surface area (Å²) in [6, 6.07) is 0. The second kappa shape index (κ2) is 6.24. The SMILES string of the molecule is CCCNCc1cn[nH]c1S(=O)(=O)N(C)CC1CC1C. The van der Waals surface area contributed by atoms with Gasteiger partial charge in [-0.2, -0.15) is 9.40 Å². The third-order valence-corrected chi connectivity index (χ3v) is 5.70. The molecule has 1 aromatic rings. The van der Waals surface area contributed by atoms with Crippen LogP contribution in [0.3, 0.4) is 0 Å². The molecule has 1 aliphatic carbocycles. The molecule has 2 atom stereocenters. The van der Waals surface area contributed by atoms with Gasteiger partial charge in [0.1, 0.15) is 0 Å². The molecule has 20 heavy (non-hydrogen) atoms. The highest BCUT2D eigenvalue weighted by Gasteiger charge is 2.37. The lowest BCUT2D eigenvalue weighted by atomic mass is 10.3. The Labute approximate surface area is 121 Å². The third kappa shape index (κ3) is 3.39. The molecule has 1 fully saturated rings. The van der Waals surface area contributed by atoms with Gasteiger partial charge in [-0.05, 0) is 31.2 Å². The second-order valence-corrected chi connectivity index (χ2v) is 7.64. The van der Waals surface area contributed by atoms with Crippen LogP contribution in [0.25, 0.3) is 0 Å². The number of hydrogen-bond donors (Lipinski definition) is 2. The molecular weight excluding hydrogens is 276 g/mol. The van der Waals surface area contributed by atoms with Crippen molar-refractivity contribution in [1.29, 1.82) is 0 Å². The number of sulfonamides is 1. The van der Waals surface area contributed by atoms with E-state index in [1.807, 2.05) is 0 Å². The van der Waals surface area contributed by atoms with E-state index in [9.17, 15) is 8.42 Å². The van der Waals surface area contributed by atoms with Gasteiger partial charge in [0, 0.05) is 25.7 Å². The summed E-state index contributed by atoms with van der Waals surface area (Å²) >= 11 is 0. The summed E-state index contributed by atoms with van der Waals surface area (Å²) in [4.78, 5) is 0. The molecule has 2 rings (SSSR count). The van der Waals surface area contributed by atoms with Crippen molar-refractivity contribution >= 4 is 10.0 Å². The Morgan fingerprint density at radius 1 is 1.55 bits per heavy atom. The maximum atomic E-state index is 12.5. The zero-order valence-electron chi connectivity index (χ0n) is 12.4. The van der Waals surface area contributed by atoms with Gasteiger partial charge in [-0.25, -0.2) is 8.42 Å². The molecule has 0 radical (unpaired) electrons. The fraction of sp³-hybridized carbons (Fsp3) is 0.769. The number of rotatable bonds is 8. The predicted octanol–water partition coefficient (Wildman–Crippen LogP) is 1.19. The first kappa shape index (κ1) is 15.5. The lowest BCUT2D eigenvalue weighted by molar-refractivity contribution is 0.441. The first-order chi connectivity index (χ1) is 9.46. The fourth-order valence-corrected chi connectivity index (χ4v) is 3.61. The van der Waals surface area contributed by atoms with Crippen molar-refractivity contribution in [3.05, 3.63) is 11.8 Å². The molecule has 2 unspecified atom stereocenters. The van der Waals surface area contributed by atoms with Crippen molar-refractivity contribution in [2.24, 2.45) is 11.8 Å². The maximum Gasteiger partial charge on any atom is 0.260 e. The summed E-state index contributed by atoms with van der Waals surface area (Å²) in [6.45, 7) is 6.20. The standard InChI is InChI=1S/C13H24N4O2S/c1-4-5-14-7-12-8-15-16-13(12)20(18,19)17(3)9-11-6-10(11)2/h8,10-11,14H,4-7,9H2,1-3H3,(H,15,16). The Bertz CT molecular complexity index is 540. The Balaban J connectivity index is 2.06. The topological polar surface area (TPSA) is 78.1 Å². The summed E-state index contributed by atoms with van der Waals surface area (Å²) in [5.74, 6) is 1.14. The van der Waals surface area contributed by atoms with Gasteiger partial charge in [-0.15, -0.1) is 0 Å². The number of hydrogen-bond acceptors (Lipinski definition) is 4. The van der Waals surface area contributed by atoms with E-state index in [1.54, 1.807) is 13.2 Å². The first-order valence-corrected chi connectivity index (χ1v) is 8.60. The van der Waals surface area contributed by atoms with E-state index in [-0.39, 0.29) is 5.03 Å². The number of H-pyrrole nitrogens is 1. The Kier molecular flexibility index (Phi) is 4.82. The average molecular weight is 300 g/mol. The van der Waals surface area contributed by atoms with Crippen LogP contribution in [0.15, 0.2) is 11.2 Å². The van der Waals surface area contributed by atoms with E-state index in [1.165, 1.54) is 4.31 Å². The highest BCUT2D eigenvalue weighted by molar-refractivity contribution is 7.89. The molecule has 6 nitrogen and oxygen atoms in total. The number of aromatic nitrogens is 2. The van der Waals surface area contributed by atoms with Gasteiger partial charge >= 0.3 is 0 Å². The molecule has 0 aliphatic heterocycles. The maximum absolute atomic E-state index is 12.5. The van der Waals surface area contributed by atoms with Crippen LogP contribution in [0.5, 0.6) is 0 Å². The fourth-order valence-electron chi connectivity index (χ4n) is 2.29. The van der Waals surface area contributed by atoms with E-state index in [0.717, 1.165) is 19.4 Å². The minimum atomic E-state index is -3.47. The summed E-state index contributed by atoms with van der Waals surface area (Å²) in [5.41, 5.74) is 0.703. The van der Waals surface area contributed by atoms with Gasteiger partial charge in [0.15, 0.2) is 5.03 Å². The van der Waals surface area contributed by atoms with Crippen LogP contribution in [0.2, 0.25) is 0 Å². The highest BCUT2D eigenvalue weighted by Crippen LogP contribution is 2.38. The van der Waals surface area contributed by atoms with Crippen molar-refractivity contribution in [3.63, 3.8) is 0 Å². The molecule has 0 bridgehead atoms. The van der Waals surface area contributed by atoms with E-state index in [0.29, 0.717) is 30.5 Å².